The van der Waals surface area contributed by atoms with Gasteiger partial charge in [0.1, 0.15) is 0 Å². The van der Waals surface area contributed by atoms with E-state index in [9.17, 15) is 9.59 Å². The molecule has 0 aromatic heterocycles. The van der Waals surface area contributed by atoms with E-state index in [-0.39, 0.29) is 6.79 Å². The van der Waals surface area contributed by atoms with Crippen LogP contribution in [0.3, 0.4) is 0 Å². The summed E-state index contributed by atoms with van der Waals surface area (Å²) in [6.45, 7) is 0.138. The smallest absolute Gasteiger partial charge is 0.269 e. The monoisotopic (exact) mass is 327 g/mol. The van der Waals surface area contributed by atoms with Crippen LogP contribution >= 0.6 is 0 Å². The first-order valence-corrected chi connectivity index (χ1v) is 7.32. The van der Waals surface area contributed by atoms with E-state index >= 15 is 0 Å². The fraction of sp³-hybridized carbons (Fsp3) is 0.176. The molecule has 2 aromatic carbocycles. The molecule has 1 aliphatic heterocycles. The Kier molecular flexibility index (Phi) is 4.24. The van der Waals surface area contributed by atoms with Crippen LogP contribution in [0.1, 0.15) is 20.7 Å². The average molecular weight is 327 g/mol. The molecule has 0 radical (unpaired) electrons. The van der Waals surface area contributed by atoms with Gasteiger partial charge >= 0.3 is 0 Å². The lowest BCUT2D eigenvalue weighted by Crippen LogP contribution is -2.41. The molecule has 2 aromatic rings. The molecular weight excluding hydrogens is 310 g/mol. The predicted octanol–water partition coefficient (Wildman–Crippen LogP) is 1.56. The van der Waals surface area contributed by atoms with Crippen molar-refractivity contribution in [3.8, 4) is 11.5 Å². The molecule has 7 heteroatoms. The Morgan fingerprint density at radius 2 is 1.58 bits per heavy atom. The number of amides is 2. The summed E-state index contributed by atoms with van der Waals surface area (Å²) in [5.41, 5.74) is 6.50. The van der Waals surface area contributed by atoms with E-state index in [4.69, 9.17) is 9.47 Å². The van der Waals surface area contributed by atoms with E-state index in [0.717, 1.165) is 5.69 Å². The lowest BCUT2D eigenvalue weighted by atomic mass is 10.2. The summed E-state index contributed by atoms with van der Waals surface area (Å²) in [4.78, 5) is 26.2. The maximum atomic E-state index is 12.2. The zero-order valence-corrected chi connectivity index (χ0v) is 13.3. The highest BCUT2D eigenvalue weighted by Gasteiger charge is 2.16. The molecular formula is C17H17N3O4. The lowest BCUT2D eigenvalue weighted by molar-refractivity contribution is 0.0846. The minimum absolute atomic E-state index is 0.138. The Labute approximate surface area is 139 Å². The van der Waals surface area contributed by atoms with Crippen molar-refractivity contribution in [2.75, 3.05) is 25.8 Å². The Morgan fingerprint density at radius 3 is 2.29 bits per heavy atom. The lowest BCUT2D eigenvalue weighted by Gasteiger charge is -2.13. The van der Waals surface area contributed by atoms with Crippen LogP contribution in [0.15, 0.2) is 42.5 Å². The van der Waals surface area contributed by atoms with Gasteiger partial charge in [-0.15, -0.1) is 0 Å². The fourth-order valence-corrected chi connectivity index (χ4v) is 2.22. The number of nitrogens with one attached hydrogen (secondary N) is 2. The van der Waals surface area contributed by atoms with Gasteiger partial charge in [0.15, 0.2) is 11.5 Å². The van der Waals surface area contributed by atoms with E-state index in [1.807, 2.05) is 25.1 Å². The highest BCUT2D eigenvalue weighted by atomic mass is 16.7. The van der Waals surface area contributed by atoms with Crippen molar-refractivity contribution in [3.63, 3.8) is 0 Å². The summed E-state index contributed by atoms with van der Waals surface area (Å²) in [6.07, 6.45) is 0. The van der Waals surface area contributed by atoms with Gasteiger partial charge in [-0.05, 0) is 36.4 Å². The SMILES string of the molecule is CN(C)c1cccc(C(=O)NNC(=O)c2ccc3c(c2)OCO3)c1. The van der Waals surface area contributed by atoms with Gasteiger partial charge in [0, 0.05) is 30.9 Å². The van der Waals surface area contributed by atoms with Crippen LogP contribution in [0.25, 0.3) is 0 Å². The van der Waals surface area contributed by atoms with Crippen LogP contribution in [-0.4, -0.2) is 32.7 Å². The van der Waals surface area contributed by atoms with Crippen molar-refractivity contribution in [1.29, 1.82) is 0 Å². The topological polar surface area (TPSA) is 79.9 Å². The zero-order chi connectivity index (χ0) is 17.1. The van der Waals surface area contributed by atoms with Crippen molar-refractivity contribution in [2.24, 2.45) is 0 Å². The highest BCUT2D eigenvalue weighted by Crippen LogP contribution is 2.32. The Hall–Kier alpha value is -3.22. The maximum absolute atomic E-state index is 12.2. The van der Waals surface area contributed by atoms with E-state index in [2.05, 4.69) is 10.9 Å². The van der Waals surface area contributed by atoms with Gasteiger partial charge in [-0.2, -0.15) is 0 Å². The molecule has 124 valence electrons. The first kappa shape index (κ1) is 15.7. The number of ether oxygens (including phenoxy) is 2. The van der Waals surface area contributed by atoms with Crippen molar-refractivity contribution in [3.05, 3.63) is 53.6 Å². The van der Waals surface area contributed by atoms with Gasteiger partial charge in [0.05, 0.1) is 0 Å². The third-order valence-electron chi connectivity index (χ3n) is 3.55. The van der Waals surface area contributed by atoms with Gasteiger partial charge in [-0.25, -0.2) is 0 Å². The zero-order valence-electron chi connectivity index (χ0n) is 13.3. The Bertz CT molecular complexity index is 789. The molecule has 0 atom stereocenters. The molecule has 0 bridgehead atoms. The third-order valence-corrected chi connectivity index (χ3v) is 3.55. The number of hydrogen-bond acceptors (Lipinski definition) is 5. The van der Waals surface area contributed by atoms with Crippen molar-refractivity contribution in [1.82, 2.24) is 10.9 Å². The summed E-state index contributed by atoms with van der Waals surface area (Å²) < 4.78 is 10.4. The van der Waals surface area contributed by atoms with Gasteiger partial charge in [0.2, 0.25) is 6.79 Å². The number of hydrazine groups is 1. The second-order valence-corrected chi connectivity index (χ2v) is 5.42. The average Bonchev–Trinajstić information content (AvgIpc) is 3.07. The van der Waals surface area contributed by atoms with E-state index in [1.165, 1.54) is 0 Å². The van der Waals surface area contributed by atoms with Crippen LogP contribution in [0.2, 0.25) is 0 Å². The summed E-state index contributed by atoms with van der Waals surface area (Å²) in [5, 5.41) is 0. The molecule has 24 heavy (non-hydrogen) atoms. The number of rotatable bonds is 3. The van der Waals surface area contributed by atoms with Crippen LogP contribution in [0.4, 0.5) is 5.69 Å². The fourth-order valence-electron chi connectivity index (χ4n) is 2.22. The molecule has 0 saturated heterocycles. The Balaban J connectivity index is 1.63. The van der Waals surface area contributed by atoms with Crippen LogP contribution in [-0.2, 0) is 0 Å². The molecule has 1 heterocycles. The molecule has 3 rings (SSSR count). The van der Waals surface area contributed by atoms with Crippen LogP contribution in [0.5, 0.6) is 11.5 Å². The van der Waals surface area contributed by atoms with E-state index < -0.39 is 11.8 Å². The first-order valence-electron chi connectivity index (χ1n) is 7.32. The van der Waals surface area contributed by atoms with Crippen LogP contribution < -0.4 is 25.2 Å². The molecule has 0 spiro atoms. The maximum Gasteiger partial charge on any atom is 0.269 e. The second kappa shape index (κ2) is 6.49. The van der Waals surface area contributed by atoms with Crippen molar-refractivity contribution >= 4 is 17.5 Å². The number of benzene rings is 2. The second-order valence-electron chi connectivity index (χ2n) is 5.42. The standard InChI is InChI=1S/C17H17N3O4/c1-20(2)13-5-3-4-11(8-13)16(21)18-19-17(22)12-6-7-14-15(9-12)24-10-23-14/h3-9H,10H2,1-2H3,(H,18,21)(H,19,22). The summed E-state index contributed by atoms with van der Waals surface area (Å²) in [6, 6.07) is 11.9. The number of nitrogens with zero attached hydrogens (tertiary/aromatic N) is 1. The van der Waals surface area contributed by atoms with Gasteiger partial charge in [-0.1, -0.05) is 6.07 Å². The number of carbonyl (C=O) groups excluding carboxylic acids is 2. The highest BCUT2D eigenvalue weighted by molar-refractivity contribution is 5.99. The minimum atomic E-state index is -0.439. The summed E-state index contributed by atoms with van der Waals surface area (Å²) in [7, 11) is 3.77. The number of fused-ring (bicyclic) bond motifs is 1. The number of hydrogen-bond donors (Lipinski definition) is 2. The first-order chi connectivity index (χ1) is 11.5. The molecule has 1 aliphatic rings. The van der Waals surface area contributed by atoms with Crippen molar-refractivity contribution < 1.29 is 19.1 Å². The number of carbonyl (C=O) groups is 2. The molecule has 0 fully saturated rings. The number of anilines is 1. The third kappa shape index (κ3) is 3.24. The normalized spacial score (nSPS) is 11.8. The molecule has 0 saturated carbocycles. The van der Waals surface area contributed by atoms with E-state index in [1.54, 1.807) is 36.4 Å². The van der Waals surface area contributed by atoms with Gasteiger partial charge in [-0.3, -0.25) is 20.4 Å². The molecule has 2 N–H and O–H groups in total. The Morgan fingerprint density at radius 1 is 0.917 bits per heavy atom. The van der Waals surface area contributed by atoms with Gasteiger partial charge in [0.25, 0.3) is 11.8 Å². The molecule has 0 aliphatic carbocycles. The molecule has 2 amide bonds. The molecule has 0 unspecified atom stereocenters. The van der Waals surface area contributed by atoms with E-state index in [0.29, 0.717) is 22.6 Å². The summed E-state index contributed by atoms with van der Waals surface area (Å²) in [5.74, 6) is 0.266. The van der Waals surface area contributed by atoms with Gasteiger partial charge < -0.3 is 14.4 Å². The van der Waals surface area contributed by atoms with Crippen LogP contribution in [0, 0.1) is 0 Å². The summed E-state index contributed by atoms with van der Waals surface area (Å²) >= 11 is 0. The minimum Gasteiger partial charge on any atom is -0.454 e. The largest absolute Gasteiger partial charge is 0.454 e. The predicted molar refractivity (Wildman–Crippen MR) is 88.3 cm³/mol. The van der Waals surface area contributed by atoms with Crippen molar-refractivity contribution in [2.45, 2.75) is 0 Å². The quantitative estimate of drug-likeness (QED) is 0.836. The molecule has 7 nitrogen and oxygen atoms in total.